The van der Waals surface area contributed by atoms with Crippen LogP contribution in [-0.2, 0) is 14.6 Å². The number of rotatable bonds is 3. The Labute approximate surface area is 104 Å². The molecule has 4 nitrogen and oxygen atoms in total. The highest BCUT2D eigenvalue weighted by atomic mass is 32.2. The van der Waals surface area contributed by atoms with Crippen LogP contribution in [0.4, 0.5) is 10.1 Å². The van der Waals surface area contributed by atoms with Crippen LogP contribution in [0.5, 0.6) is 0 Å². The van der Waals surface area contributed by atoms with Crippen LogP contribution in [0.2, 0.25) is 0 Å². The lowest BCUT2D eigenvalue weighted by Gasteiger charge is -2.08. The van der Waals surface area contributed by atoms with Crippen molar-refractivity contribution in [3.8, 4) is 0 Å². The van der Waals surface area contributed by atoms with Crippen LogP contribution in [0, 0.1) is 11.7 Å². The van der Waals surface area contributed by atoms with Gasteiger partial charge in [-0.3, -0.25) is 4.79 Å². The highest BCUT2D eigenvalue weighted by molar-refractivity contribution is 7.94. The Kier molecular flexibility index (Phi) is 3.47. The third-order valence-electron chi connectivity index (χ3n) is 2.60. The quantitative estimate of drug-likeness (QED) is 0.908. The third-order valence-corrected chi connectivity index (χ3v) is 4.06. The first-order chi connectivity index (χ1) is 8.46. The second-order valence-electron chi connectivity index (χ2n) is 4.15. The maximum Gasteiger partial charge on any atom is 0.225 e. The van der Waals surface area contributed by atoms with Gasteiger partial charge in [0.1, 0.15) is 5.82 Å². The van der Waals surface area contributed by atoms with Gasteiger partial charge in [-0.05, 0) is 12.1 Å². The first kappa shape index (κ1) is 12.8. The van der Waals surface area contributed by atoms with Gasteiger partial charge < -0.3 is 5.32 Å². The first-order valence-electron chi connectivity index (χ1n) is 5.41. The van der Waals surface area contributed by atoms with Crippen LogP contribution in [0.3, 0.4) is 0 Å². The highest BCUT2D eigenvalue weighted by Gasteiger charge is 2.24. The van der Waals surface area contributed by atoms with Crippen molar-refractivity contribution in [3.63, 3.8) is 0 Å². The van der Waals surface area contributed by atoms with E-state index in [0.29, 0.717) is 0 Å². The molecule has 0 radical (unpaired) electrons. The molecular formula is C12H12FNO3S. The molecule has 6 heteroatoms. The molecule has 1 aliphatic rings. The minimum Gasteiger partial charge on any atom is -0.324 e. The van der Waals surface area contributed by atoms with Crippen molar-refractivity contribution in [3.05, 3.63) is 41.6 Å². The van der Waals surface area contributed by atoms with E-state index in [1.165, 1.54) is 24.3 Å². The SMILES string of the molecule is O=C(CC1C=CS(=O)(=O)C1)Nc1ccccc1F. The lowest BCUT2D eigenvalue weighted by atomic mass is 10.1. The number of sulfone groups is 1. The zero-order chi connectivity index (χ0) is 13.2. The van der Waals surface area contributed by atoms with Crippen molar-refractivity contribution in [2.24, 2.45) is 5.92 Å². The van der Waals surface area contributed by atoms with Gasteiger partial charge in [-0.1, -0.05) is 18.2 Å². The Bertz CT molecular complexity index is 595. The summed E-state index contributed by atoms with van der Waals surface area (Å²) in [6.07, 6.45) is 1.53. The molecule has 0 saturated carbocycles. The number of benzene rings is 1. The molecule has 1 aromatic carbocycles. The van der Waals surface area contributed by atoms with E-state index in [-0.39, 0.29) is 23.8 Å². The third kappa shape index (κ3) is 3.16. The van der Waals surface area contributed by atoms with Gasteiger partial charge in [0.15, 0.2) is 9.84 Å². The lowest BCUT2D eigenvalue weighted by molar-refractivity contribution is -0.116. The molecule has 1 amide bonds. The molecule has 0 aliphatic carbocycles. The average molecular weight is 269 g/mol. The Morgan fingerprint density at radius 2 is 2.11 bits per heavy atom. The van der Waals surface area contributed by atoms with Crippen molar-refractivity contribution in [1.29, 1.82) is 0 Å². The van der Waals surface area contributed by atoms with Crippen LogP contribution in [0.15, 0.2) is 35.7 Å². The summed E-state index contributed by atoms with van der Waals surface area (Å²) in [6, 6.07) is 5.83. The van der Waals surface area contributed by atoms with Crippen LogP contribution in [-0.4, -0.2) is 20.1 Å². The molecule has 0 aromatic heterocycles. The number of hydrogen-bond acceptors (Lipinski definition) is 3. The highest BCUT2D eigenvalue weighted by Crippen LogP contribution is 2.19. The fourth-order valence-corrected chi connectivity index (χ4v) is 3.17. The number of allylic oxidation sites excluding steroid dienone is 1. The summed E-state index contributed by atoms with van der Waals surface area (Å²) in [6.45, 7) is 0. The number of carbonyl (C=O) groups is 1. The van der Waals surface area contributed by atoms with Gasteiger partial charge >= 0.3 is 0 Å². The molecule has 2 rings (SSSR count). The van der Waals surface area contributed by atoms with E-state index < -0.39 is 21.6 Å². The van der Waals surface area contributed by atoms with Crippen LogP contribution >= 0.6 is 0 Å². The second kappa shape index (κ2) is 4.89. The van der Waals surface area contributed by atoms with Gasteiger partial charge in [0.05, 0.1) is 11.4 Å². The van der Waals surface area contributed by atoms with E-state index in [9.17, 15) is 17.6 Å². The molecule has 0 fully saturated rings. The van der Waals surface area contributed by atoms with Gasteiger partial charge in [0.25, 0.3) is 0 Å². The summed E-state index contributed by atoms with van der Waals surface area (Å²) in [7, 11) is -3.16. The number of anilines is 1. The van der Waals surface area contributed by atoms with E-state index in [1.807, 2.05) is 0 Å². The average Bonchev–Trinajstić information content (AvgIpc) is 2.61. The largest absolute Gasteiger partial charge is 0.324 e. The molecule has 1 unspecified atom stereocenters. The Hall–Kier alpha value is -1.69. The number of carbonyl (C=O) groups excluding carboxylic acids is 1. The van der Waals surface area contributed by atoms with Gasteiger partial charge in [-0.15, -0.1) is 0 Å². The van der Waals surface area contributed by atoms with Crippen LogP contribution < -0.4 is 5.32 Å². The van der Waals surface area contributed by atoms with Crippen molar-refractivity contribution in [1.82, 2.24) is 0 Å². The normalized spacial score (nSPS) is 20.8. The van der Waals surface area contributed by atoms with Gasteiger partial charge in [0.2, 0.25) is 5.91 Å². The number of nitrogens with one attached hydrogen (secondary N) is 1. The molecule has 96 valence electrons. The lowest BCUT2D eigenvalue weighted by Crippen LogP contribution is -2.18. The fourth-order valence-electron chi connectivity index (χ4n) is 1.77. The van der Waals surface area contributed by atoms with E-state index in [2.05, 4.69) is 5.32 Å². The number of amides is 1. The Balaban J connectivity index is 1.95. The molecule has 0 saturated heterocycles. The first-order valence-corrected chi connectivity index (χ1v) is 7.13. The maximum absolute atomic E-state index is 13.3. The van der Waals surface area contributed by atoms with Crippen molar-refractivity contribution in [2.45, 2.75) is 6.42 Å². The van der Waals surface area contributed by atoms with E-state index in [4.69, 9.17) is 0 Å². The zero-order valence-electron chi connectivity index (χ0n) is 9.47. The molecule has 0 bridgehead atoms. The molecular weight excluding hydrogens is 257 g/mol. The Morgan fingerprint density at radius 1 is 1.39 bits per heavy atom. The predicted molar refractivity (Wildman–Crippen MR) is 66.1 cm³/mol. The smallest absolute Gasteiger partial charge is 0.225 e. The Morgan fingerprint density at radius 3 is 2.72 bits per heavy atom. The van der Waals surface area contributed by atoms with Gasteiger partial charge in [0, 0.05) is 17.7 Å². The summed E-state index contributed by atoms with van der Waals surface area (Å²) >= 11 is 0. The van der Waals surface area contributed by atoms with E-state index >= 15 is 0 Å². The molecule has 1 aliphatic heterocycles. The standard InChI is InChI=1S/C12H12FNO3S/c13-10-3-1-2-4-11(10)14-12(15)7-9-5-6-18(16,17)8-9/h1-6,9H,7-8H2,(H,14,15). The second-order valence-corrected chi connectivity index (χ2v) is 6.08. The minimum atomic E-state index is -3.16. The summed E-state index contributed by atoms with van der Waals surface area (Å²) < 4.78 is 35.6. The molecule has 1 N–H and O–H groups in total. The zero-order valence-corrected chi connectivity index (χ0v) is 10.3. The fraction of sp³-hybridized carbons (Fsp3) is 0.250. The number of hydrogen-bond donors (Lipinski definition) is 1. The summed E-state index contributed by atoms with van der Waals surface area (Å²) in [5.74, 6) is -1.30. The molecule has 0 spiro atoms. The van der Waals surface area contributed by atoms with Crippen LogP contribution in [0.25, 0.3) is 0 Å². The molecule has 1 atom stereocenters. The number of para-hydroxylation sites is 1. The maximum atomic E-state index is 13.3. The van der Waals surface area contributed by atoms with Crippen molar-refractivity contribution in [2.75, 3.05) is 11.1 Å². The van der Waals surface area contributed by atoms with E-state index in [1.54, 1.807) is 6.07 Å². The summed E-state index contributed by atoms with van der Waals surface area (Å²) in [5.41, 5.74) is 0.104. The van der Waals surface area contributed by atoms with Gasteiger partial charge in [-0.2, -0.15) is 0 Å². The predicted octanol–water partition coefficient (Wildman–Crippen LogP) is 1.71. The molecule has 18 heavy (non-hydrogen) atoms. The summed E-state index contributed by atoms with van der Waals surface area (Å²) in [4.78, 5) is 11.6. The molecule has 1 aromatic rings. The summed E-state index contributed by atoms with van der Waals surface area (Å²) in [5, 5.41) is 3.54. The molecule has 1 heterocycles. The monoisotopic (exact) mass is 269 g/mol. The van der Waals surface area contributed by atoms with E-state index in [0.717, 1.165) is 5.41 Å². The van der Waals surface area contributed by atoms with Gasteiger partial charge in [-0.25, -0.2) is 12.8 Å². The topological polar surface area (TPSA) is 63.2 Å². The van der Waals surface area contributed by atoms with Crippen LogP contribution in [0.1, 0.15) is 6.42 Å². The number of halogens is 1. The van der Waals surface area contributed by atoms with Crippen molar-refractivity contribution < 1.29 is 17.6 Å². The minimum absolute atomic E-state index is 0.0318. The van der Waals surface area contributed by atoms with Crippen molar-refractivity contribution >= 4 is 21.4 Å².